The lowest BCUT2D eigenvalue weighted by atomic mass is 9.90. The van der Waals surface area contributed by atoms with Crippen LogP contribution in [0.5, 0.6) is 5.88 Å². The van der Waals surface area contributed by atoms with E-state index in [2.05, 4.69) is 16.4 Å². The Labute approximate surface area is 132 Å². The van der Waals surface area contributed by atoms with Gasteiger partial charge in [-0.25, -0.2) is 4.98 Å². The van der Waals surface area contributed by atoms with E-state index in [0.29, 0.717) is 5.92 Å². The molecule has 2 aliphatic heterocycles. The van der Waals surface area contributed by atoms with Crippen molar-refractivity contribution in [3.8, 4) is 5.88 Å². The van der Waals surface area contributed by atoms with Gasteiger partial charge in [-0.3, -0.25) is 4.79 Å². The van der Waals surface area contributed by atoms with E-state index in [-0.39, 0.29) is 12.0 Å². The molecule has 120 valence electrons. The molecule has 0 radical (unpaired) electrons. The van der Waals surface area contributed by atoms with Gasteiger partial charge in [-0.2, -0.15) is 0 Å². The molecule has 5 nitrogen and oxygen atoms in total. The number of rotatable bonds is 3. The highest BCUT2D eigenvalue weighted by atomic mass is 16.5. The molecule has 0 bridgehead atoms. The van der Waals surface area contributed by atoms with Gasteiger partial charge in [0.2, 0.25) is 11.8 Å². The molecule has 1 amide bonds. The summed E-state index contributed by atoms with van der Waals surface area (Å²) < 4.78 is 6.18. The lowest BCUT2D eigenvalue weighted by Crippen LogP contribution is -2.37. The van der Waals surface area contributed by atoms with E-state index in [4.69, 9.17) is 4.74 Å². The minimum absolute atomic E-state index is 0.177. The van der Waals surface area contributed by atoms with Gasteiger partial charge in [0.15, 0.2) is 0 Å². The van der Waals surface area contributed by atoms with Crippen LogP contribution in [0.1, 0.15) is 44.1 Å². The molecule has 22 heavy (non-hydrogen) atoms. The van der Waals surface area contributed by atoms with Gasteiger partial charge in [-0.05, 0) is 50.8 Å². The zero-order valence-electron chi connectivity index (χ0n) is 13.3. The van der Waals surface area contributed by atoms with Crippen molar-refractivity contribution >= 4 is 5.91 Å². The molecule has 0 unspecified atom stereocenters. The maximum absolute atomic E-state index is 11.5. The summed E-state index contributed by atoms with van der Waals surface area (Å²) in [5, 5.41) is 3.36. The molecule has 2 saturated heterocycles. The van der Waals surface area contributed by atoms with Crippen molar-refractivity contribution in [3.05, 3.63) is 23.9 Å². The van der Waals surface area contributed by atoms with Gasteiger partial charge in [-0.1, -0.05) is 6.07 Å². The maximum Gasteiger partial charge on any atom is 0.219 e. The fourth-order valence-electron chi connectivity index (χ4n) is 3.39. The summed E-state index contributed by atoms with van der Waals surface area (Å²) in [6.45, 7) is 5.35. The molecule has 0 atom stereocenters. The highest BCUT2D eigenvalue weighted by Crippen LogP contribution is 2.33. The number of hydrogen-bond donors (Lipinski definition) is 1. The number of hydrogen-bond acceptors (Lipinski definition) is 4. The van der Waals surface area contributed by atoms with Crippen LogP contribution in [-0.4, -0.2) is 48.1 Å². The molecule has 1 aromatic rings. The highest BCUT2D eigenvalue weighted by Gasteiger charge is 2.26. The molecule has 0 aliphatic carbocycles. The van der Waals surface area contributed by atoms with Gasteiger partial charge in [0.05, 0.1) is 0 Å². The van der Waals surface area contributed by atoms with E-state index in [0.717, 1.165) is 57.7 Å². The van der Waals surface area contributed by atoms with Gasteiger partial charge >= 0.3 is 0 Å². The van der Waals surface area contributed by atoms with Crippen LogP contribution in [0.4, 0.5) is 0 Å². The second-order valence-electron chi connectivity index (χ2n) is 6.25. The number of carbonyl (C=O) groups excluding carboxylic acids is 1. The third kappa shape index (κ3) is 3.58. The van der Waals surface area contributed by atoms with Gasteiger partial charge < -0.3 is 15.0 Å². The summed E-state index contributed by atoms with van der Waals surface area (Å²) in [5.74, 6) is 1.42. The Morgan fingerprint density at radius 1 is 1.27 bits per heavy atom. The SMILES string of the molecule is CC(=O)N1CCC(c2cccnc2OC2CCNCC2)CC1. The van der Waals surface area contributed by atoms with Crippen LogP contribution in [0.3, 0.4) is 0 Å². The molecule has 0 aromatic carbocycles. The maximum atomic E-state index is 11.5. The Morgan fingerprint density at radius 2 is 2.00 bits per heavy atom. The Morgan fingerprint density at radius 3 is 2.68 bits per heavy atom. The normalized spacial score (nSPS) is 20.9. The zero-order valence-corrected chi connectivity index (χ0v) is 13.3. The first-order valence-corrected chi connectivity index (χ1v) is 8.32. The average molecular weight is 303 g/mol. The first-order valence-electron chi connectivity index (χ1n) is 8.32. The molecule has 1 aromatic heterocycles. The monoisotopic (exact) mass is 303 g/mol. The predicted molar refractivity (Wildman–Crippen MR) is 85.0 cm³/mol. The largest absolute Gasteiger partial charge is 0.474 e. The molecule has 0 saturated carbocycles. The topological polar surface area (TPSA) is 54.5 Å². The summed E-state index contributed by atoms with van der Waals surface area (Å²) in [4.78, 5) is 17.9. The first kappa shape index (κ1) is 15.3. The van der Waals surface area contributed by atoms with Crippen molar-refractivity contribution in [2.24, 2.45) is 0 Å². The number of nitrogens with zero attached hydrogens (tertiary/aromatic N) is 2. The molecule has 1 N–H and O–H groups in total. The van der Waals surface area contributed by atoms with Crippen LogP contribution >= 0.6 is 0 Å². The summed E-state index contributed by atoms with van der Waals surface area (Å²) in [6.07, 6.45) is 6.15. The van der Waals surface area contributed by atoms with Crippen molar-refractivity contribution < 1.29 is 9.53 Å². The number of amides is 1. The summed E-state index contributed by atoms with van der Waals surface area (Å²) in [6, 6.07) is 4.12. The van der Waals surface area contributed by atoms with Crippen molar-refractivity contribution in [1.82, 2.24) is 15.2 Å². The van der Waals surface area contributed by atoms with Crippen LogP contribution in [0, 0.1) is 0 Å². The molecule has 2 aliphatic rings. The van der Waals surface area contributed by atoms with Crippen LogP contribution < -0.4 is 10.1 Å². The quantitative estimate of drug-likeness (QED) is 0.927. The third-order valence-electron chi connectivity index (χ3n) is 4.75. The average Bonchev–Trinajstić information content (AvgIpc) is 2.56. The number of pyridine rings is 1. The van der Waals surface area contributed by atoms with Crippen LogP contribution in [0.15, 0.2) is 18.3 Å². The number of ether oxygens (including phenoxy) is 1. The Bertz CT molecular complexity index is 506. The summed E-state index contributed by atoms with van der Waals surface area (Å²) in [5.41, 5.74) is 1.21. The Kier molecular flexibility index (Phi) is 4.93. The Balaban J connectivity index is 1.67. The molecular formula is C17H25N3O2. The van der Waals surface area contributed by atoms with Gasteiger partial charge in [0.1, 0.15) is 6.10 Å². The van der Waals surface area contributed by atoms with Crippen LogP contribution in [-0.2, 0) is 4.79 Å². The second-order valence-corrected chi connectivity index (χ2v) is 6.25. The van der Waals surface area contributed by atoms with Crippen LogP contribution in [0.2, 0.25) is 0 Å². The number of aromatic nitrogens is 1. The fraction of sp³-hybridized carbons (Fsp3) is 0.647. The van der Waals surface area contributed by atoms with Gasteiger partial charge in [0.25, 0.3) is 0 Å². The van der Waals surface area contributed by atoms with E-state index < -0.39 is 0 Å². The van der Waals surface area contributed by atoms with E-state index in [1.165, 1.54) is 5.56 Å². The van der Waals surface area contributed by atoms with E-state index >= 15 is 0 Å². The van der Waals surface area contributed by atoms with Crippen molar-refractivity contribution in [2.45, 2.75) is 44.6 Å². The number of carbonyl (C=O) groups is 1. The third-order valence-corrected chi connectivity index (χ3v) is 4.75. The molecule has 0 spiro atoms. The number of nitrogens with one attached hydrogen (secondary N) is 1. The Hall–Kier alpha value is -1.62. The minimum atomic E-state index is 0.177. The highest BCUT2D eigenvalue weighted by molar-refractivity contribution is 5.73. The van der Waals surface area contributed by atoms with E-state index in [9.17, 15) is 4.79 Å². The van der Waals surface area contributed by atoms with Gasteiger partial charge in [-0.15, -0.1) is 0 Å². The molecular weight excluding hydrogens is 278 g/mol. The first-order chi connectivity index (χ1) is 10.7. The van der Waals surface area contributed by atoms with Gasteiger partial charge in [0, 0.05) is 31.8 Å². The lowest BCUT2D eigenvalue weighted by Gasteiger charge is -2.32. The summed E-state index contributed by atoms with van der Waals surface area (Å²) in [7, 11) is 0. The number of piperidine rings is 2. The van der Waals surface area contributed by atoms with Crippen molar-refractivity contribution in [2.75, 3.05) is 26.2 Å². The summed E-state index contributed by atoms with van der Waals surface area (Å²) >= 11 is 0. The van der Waals surface area contributed by atoms with Crippen molar-refractivity contribution in [1.29, 1.82) is 0 Å². The molecule has 3 rings (SSSR count). The number of likely N-dealkylation sites (tertiary alicyclic amines) is 1. The fourth-order valence-corrected chi connectivity index (χ4v) is 3.39. The molecule has 5 heteroatoms. The van der Waals surface area contributed by atoms with Crippen LogP contribution in [0.25, 0.3) is 0 Å². The smallest absolute Gasteiger partial charge is 0.219 e. The predicted octanol–water partition coefficient (Wildman–Crippen LogP) is 1.94. The van der Waals surface area contributed by atoms with Crippen molar-refractivity contribution in [3.63, 3.8) is 0 Å². The molecule has 3 heterocycles. The lowest BCUT2D eigenvalue weighted by molar-refractivity contribution is -0.129. The minimum Gasteiger partial charge on any atom is -0.474 e. The second kappa shape index (κ2) is 7.09. The zero-order chi connectivity index (χ0) is 15.4. The van der Waals surface area contributed by atoms with E-state index in [1.807, 2.05) is 17.2 Å². The standard InChI is InChI=1S/C17H25N3O2/c1-13(21)20-11-6-14(7-12-20)16-3-2-8-19-17(16)22-15-4-9-18-10-5-15/h2-3,8,14-15,18H,4-7,9-12H2,1H3. The van der Waals surface area contributed by atoms with E-state index in [1.54, 1.807) is 6.92 Å². The molecule has 2 fully saturated rings.